The van der Waals surface area contributed by atoms with Crippen LogP contribution in [0.2, 0.25) is 5.02 Å². The summed E-state index contributed by atoms with van der Waals surface area (Å²) in [5.74, 6) is -4.36. The summed E-state index contributed by atoms with van der Waals surface area (Å²) in [6, 6.07) is 12.5. The number of carboxylic acid groups (broad SMARTS) is 1. The van der Waals surface area contributed by atoms with E-state index in [9.17, 15) is 19.5 Å². The Labute approximate surface area is 159 Å². The minimum Gasteiger partial charge on any atom is -0.481 e. The van der Waals surface area contributed by atoms with Crippen molar-refractivity contribution in [2.45, 2.75) is 6.04 Å². The van der Waals surface area contributed by atoms with Crippen LogP contribution in [-0.4, -0.2) is 37.4 Å². The lowest BCUT2D eigenvalue weighted by molar-refractivity contribution is -0.141. The topological polar surface area (TPSA) is 102 Å². The molecule has 0 saturated carbocycles. The molecule has 2 aromatic carbocycles. The third-order valence-corrected chi connectivity index (χ3v) is 4.29. The van der Waals surface area contributed by atoms with E-state index in [1.165, 1.54) is 49.1 Å². The highest BCUT2D eigenvalue weighted by Gasteiger charge is 2.41. The lowest BCUT2D eigenvalue weighted by Crippen LogP contribution is -2.38. The van der Waals surface area contributed by atoms with Gasteiger partial charge in [0, 0.05) is 16.1 Å². The molecule has 0 radical (unpaired) electrons. The summed E-state index contributed by atoms with van der Waals surface area (Å²) in [6.07, 6.45) is 2.39. The van der Waals surface area contributed by atoms with Gasteiger partial charge >= 0.3 is 5.97 Å². The Morgan fingerprint density at radius 2 is 1.56 bits per heavy atom. The first-order valence-electron chi connectivity index (χ1n) is 7.95. The molecule has 8 heteroatoms. The lowest BCUT2D eigenvalue weighted by atomic mass is 9.86. The Morgan fingerprint density at radius 3 is 2.11 bits per heavy atom. The van der Waals surface area contributed by atoms with Crippen molar-refractivity contribution in [3.8, 4) is 0 Å². The van der Waals surface area contributed by atoms with Gasteiger partial charge in [-0.25, -0.2) is 9.67 Å². The van der Waals surface area contributed by atoms with Gasteiger partial charge in [0.2, 0.25) is 0 Å². The molecule has 2 unspecified atom stereocenters. The van der Waals surface area contributed by atoms with Crippen LogP contribution < -0.4 is 0 Å². The van der Waals surface area contributed by atoms with Crippen LogP contribution in [0.3, 0.4) is 0 Å². The maximum absolute atomic E-state index is 13.1. The Hall–Kier alpha value is -3.32. The maximum Gasteiger partial charge on any atom is 0.317 e. The van der Waals surface area contributed by atoms with E-state index in [0.29, 0.717) is 5.02 Å². The summed E-state index contributed by atoms with van der Waals surface area (Å²) in [5.41, 5.74) is 0.408. The monoisotopic (exact) mass is 383 g/mol. The van der Waals surface area contributed by atoms with Gasteiger partial charge in [0.05, 0.1) is 0 Å². The van der Waals surface area contributed by atoms with E-state index < -0.39 is 29.5 Å². The standard InChI is InChI=1S/C19H14ClN3O4/c20-14-8-6-13(7-9-14)18(25)16(23-11-21-10-22-23)15(19(26)27)17(24)12-4-2-1-3-5-12/h1-11,15-16H,(H,26,27). The zero-order chi connectivity index (χ0) is 19.4. The number of carbonyl (C=O) groups is 3. The fourth-order valence-electron chi connectivity index (χ4n) is 2.74. The minimum atomic E-state index is -1.67. The van der Waals surface area contributed by atoms with Crippen LogP contribution in [0.4, 0.5) is 0 Å². The van der Waals surface area contributed by atoms with E-state index in [1.54, 1.807) is 18.2 Å². The molecule has 1 aromatic heterocycles. The third-order valence-electron chi connectivity index (χ3n) is 4.04. The Bertz CT molecular complexity index is 956. The highest BCUT2D eigenvalue weighted by molar-refractivity contribution is 6.30. The van der Waals surface area contributed by atoms with Crippen LogP contribution >= 0.6 is 11.6 Å². The van der Waals surface area contributed by atoms with Crippen LogP contribution in [0.25, 0.3) is 0 Å². The van der Waals surface area contributed by atoms with Gasteiger partial charge in [-0.05, 0) is 24.3 Å². The van der Waals surface area contributed by atoms with Gasteiger partial charge in [-0.1, -0.05) is 41.9 Å². The van der Waals surface area contributed by atoms with Crippen LogP contribution in [0.1, 0.15) is 26.8 Å². The molecule has 1 N–H and O–H groups in total. The second-order valence-corrected chi connectivity index (χ2v) is 6.17. The molecule has 3 aromatic rings. The van der Waals surface area contributed by atoms with Gasteiger partial charge in [-0.15, -0.1) is 0 Å². The SMILES string of the molecule is O=C(O)C(C(=O)c1ccccc1)C(C(=O)c1ccc(Cl)cc1)n1cncn1. The molecule has 136 valence electrons. The van der Waals surface area contributed by atoms with Gasteiger partial charge in [0.1, 0.15) is 24.6 Å². The molecule has 0 aliphatic carbocycles. The van der Waals surface area contributed by atoms with E-state index in [4.69, 9.17) is 11.6 Å². The summed E-state index contributed by atoms with van der Waals surface area (Å²) in [5, 5.41) is 14.1. The number of hydrogen-bond donors (Lipinski definition) is 1. The third kappa shape index (κ3) is 3.93. The summed E-state index contributed by atoms with van der Waals surface area (Å²) < 4.78 is 1.09. The summed E-state index contributed by atoms with van der Waals surface area (Å²) >= 11 is 5.85. The van der Waals surface area contributed by atoms with Crippen molar-refractivity contribution in [2.24, 2.45) is 5.92 Å². The predicted octanol–water partition coefficient (Wildman–Crippen LogP) is 2.94. The Morgan fingerprint density at radius 1 is 0.926 bits per heavy atom. The zero-order valence-corrected chi connectivity index (χ0v) is 14.7. The van der Waals surface area contributed by atoms with Crippen LogP contribution in [0, 0.1) is 5.92 Å². The fourth-order valence-corrected chi connectivity index (χ4v) is 2.87. The van der Waals surface area contributed by atoms with E-state index in [0.717, 1.165) is 4.68 Å². The first-order valence-corrected chi connectivity index (χ1v) is 8.33. The van der Waals surface area contributed by atoms with Gasteiger partial charge in [-0.2, -0.15) is 5.10 Å². The number of rotatable bonds is 7. The lowest BCUT2D eigenvalue weighted by Gasteiger charge is -2.22. The number of aromatic nitrogens is 3. The number of ketones is 2. The summed E-state index contributed by atoms with van der Waals surface area (Å²) in [6.45, 7) is 0. The number of benzene rings is 2. The van der Waals surface area contributed by atoms with Crippen molar-refractivity contribution in [3.63, 3.8) is 0 Å². The number of carbonyl (C=O) groups excluding carboxylic acids is 2. The van der Waals surface area contributed by atoms with Crippen molar-refractivity contribution >= 4 is 29.1 Å². The molecule has 0 aliphatic heterocycles. The molecular weight excluding hydrogens is 370 g/mol. The quantitative estimate of drug-likeness (QED) is 0.497. The molecule has 3 rings (SSSR count). The molecule has 0 fully saturated rings. The highest BCUT2D eigenvalue weighted by Crippen LogP contribution is 2.27. The smallest absolute Gasteiger partial charge is 0.317 e. The van der Waals surface area contributed by atoms with E-state index in [-0.39, 0.29) is 11.1 Å². The van der Waals surface area contributed by atoms with Crippen LogP contribution in [0.5, 0.6) is 0 Å². The van der Waals surface area contributed by atoms with E-state index >= 15 is 0 Å². The maximum atomic E-state index is 13.1. The zero-order valence-electron chi connectivity index (χ0n) is 13.9. The minimum absolute atomic E-state index is 0.193. The van der Waals surface area contributed by atoms with Crippen molar-refractivity contribution in [1.29, 1.82) is 0 Å². The molecule has 27 heavy (non-hydrogen) atoms. The van der Waals surface area contributed by atoms with Gasteiger partial charge < -0.3 is 5.11 Å². The number of nitrogens with zero attached hydrogens (tertiary/aromatic N) is 3. The second-order valence-electron chi connectivity index (χ2n) is 5.74. The molecule has 0 bridgehead atoms. The highest BCUT2D eigenvalue weighted by atomic mass is 35.5. The van der Waals surface area contributed by atoms with Crippen molar-refractivity contribution < 1.29 is 19.5 Å². The largest absolute Gasteiger partial charge is 0.481 e. The number of aliphatic carboxylic acids is 1. The van der Waals surface area contributed by atoms with E-state index in [2.05, 4.69) is 10.1 Å². The Kier molecular flexibility index (Phi) is 5.42. The average Bonchev–Trinajstić information content (AvgIpc) is 3.20. The fraction of sp³-hybridized carbons (Fsp3) is 0.105. The van der Waals surface area contributed by atoms with Crippen molar-refractivity contribution in [2.75, 3.05) is 0 Å². The number of halogens is 1. The molecule has 7 nitrogen and oxygen atoms in total. The van der Waals surface area contributed by atoms with Crippen LogP contribution in [-0.2, 0) is 4.79 Å². The number of Topliss-reactive ketones (excluding diaryl/α,β-unsaturated/α-hetero) is 2. The molecule has 0 amide bonds. The van der Waals surface area contributed by atoms with Crippen molar-refractivity contribution in [3.05, 3.63) is 83.4 Å². The van der Waals surface area contributed by atoms with Gasteiger partial charge in [0.25, 0.3) is 0 Å². The average molecular weight is 384 g/mol. The number of hydrogen-bond acceptors (Lipinski definition) is 5. The summed E-state index contributed by atoms with van der Waals surface area (Å²) in [4.78, 5) is 41.8. The number of carboxylic acids is 1. The van der Waals surface area contributed by atoms with E-state index in [1.807, 2.05) is 0 Å². The van der Waals surface area contributed by atoms with Crippen molar-refractivity contribution in [1.82, 2.24) is 14.8 Å². The van der Waals surface area contributed by atoms with Gasteiger partial charge in [0.15, 0.2) is 11.6 Å². The summed E-state index contributed by atoms with van der Waals surface area (Å²) in [7, 11) is 0. The van der Waals surface area contributed by atoms with Gasteiger partial charge in [-0.3, -0.25) is 14.4 Å². The second kappa shape index (κ2) is 7.92. The molecular formula is C19H14ClN3O4. The molecule has 2 atom stereocenters. The normalized spacial score (nSPS) is 12.9. The first-order chi connectivity index (χ1) is 13.0. The predicted molar refractivity (Wildman–Crippen MR) is 96.7 cm³/mol. The van der Waals surface area contributed by atoms with Crippen LogP contribution in [0.15, 0.2) is 67.3 Å². The Balaban J connectivity index is 2.07. The molecule has 0 saturated heterocycles. The molecule has 0 spiro atoms. The molecule has 0 aliphatic rings. The molecule has 1 heterocycles. The first kappa shape index (κ1) is 18.5.